The second-order valence-electron chi connectivity index (χ2n) is 4.14. The van der Waals surface area contributed by atoms with Crippen LogP contribution in [-0.2, 0) is 51.3 Å². The Labute approximate surface area is 118 Å². The molecule has 1 aromatic carbocycles. The van der Waals surface area contributed by atoms with Crippen LogP contribution in [0.3, 0.4) is 0 Å². The van der Waals surface area contributed by atoms with E-state index in [1.807, 2.05) is 0 Å². The van der Waals surface area contributed by atoms with E-state index in [0.717, 1.165) is 37.8 Å². The van der Waals surface area contributed by atoms with Gasteiger partial charge in [-0.3, -0.25) is 0 Å². The summed E-state index contributed by atoms with van der Waals surface area (Å²) >= 11 is 0.820. The SMILES string of the molecule is Cc1c(C)c(C[O][Y])c(C)c(C)c1CC=O. The fraction of sp³-hybridized carbons (Fsp3) is 0.462. The van der Waals surface area contributed by atoms with Gasteiger partial charge >= 0.3 is 119 Å². The van der Waals surface area contributed by atoms with Gasteiger partial charge in [0.2, 0.25) is 0 Å². The van der Waals surface area contributed by atoms with E-state index in [0.29, 0.717) is 13.0 Å². The molecule has 0 aliphatic rings. The van der Waals surface area contributed by atoms with Crippen LogP contribution < -0.4 is 0 Å². The summed E-state index contributed by atoms with van der Waals surface area (Å²) in [5.74, 6) is 0. The van der Waals surface area contributed by atoms with Crippen LogP contribution >= 0.6 is 0 Å². The quantitative estimate of drug-likeness (QED) is 0.798. The average Bonchev–Trinajstić information content (AvgIpc) is 2.28. The first-order valence-corrected chi connectivity index (χ1v) is 6.53. The van der Waals surface area contributed by atoms with Gasteiger partial charge in [0.15, 0.2) is 0 Å². The van der Waals surface area contributed by atoms with Crippen molar-refractivity contribution in [3.63, 3.8) is 0 Å². The Bertz CT molecular complexity index is 382. The summed E-state index contributed by atoms with van der Waals surface area (Å²) in [4.78, 5) is 10.7. The zero-order chi connectivity index (χ0) is 12.3. The van der Waals surface area contributed by atoms with Gasteiger partial charge in [0.25, 0.3) is 0 Å². The molecule has 2 nitrogen and oxygen atoms in total. The van der Waals surface area contributed by atoms with E-state index in [2.05, 4.69) is 27.7 Å². The monoisotopic (exact) mass is 294 g/mol. The first-order chi connectivity index (χ1) is 7.54. The summed E-state index contributed by atoms with van der Waals surface area (Å²) in [6, 6.07) is 0. The van der Waals surface area contributed by atoms with E-state index in [4.69, 9.17) is 2.05 Å². The molecule has 0 N–H and O–H groups in total. The summed E-state index contributed by atoms with van der Waals surface area (Å²) in [5, 5.41) is 0. The fourth-order valence-corrected chi connectivity index (χ4v) is 2.57. The van der Waals surface area contributed by atoms with E-state index in [-0.39, 0.29) is 0 Å². The van der Waals surface area contributed by atoms with E-state index < -0.39 is 0 Å². The third kappa shape index (κ3) is 2.61. The Hall–Kier alpha value is -0.0461. The van der Waals surface area contributed by atoms with E-state index in [9.17, 15) is 4.79 Å². The van der Waals surface area contributed by atoms with Crippen LogP contribution in [0.2, 0.25) is 0 Å². The van der Waals surface area contributed by atoms with E-state index in [1.54, 1.807) is 0 Å². The normalized spacial score (nSPS) is 10.4. The molecular weight excluding hydrogens is 277 g/mol. The van der Waals surface area contributed by atoms with Gasteiger partial charge in [-0.05, 0) is 0 Å². The molecule has 3 heteroatoms. The van der Waals surface area contributed by atoms with Crippen molar-refractivity contribution < 1.29 is 38.3 Å². The number of aldehydes is 1. The number of carbonyl (C=O) groups is 1. The summed E-state index contributed by atoms with van der Waals surface area (Å²) in [7, 11) is 0. The van der Waals surface area contributed by atoms with Crippen molar-refractivity contribution >= 4 is 6.29 Å². The van der Waals surface area contributed by atoms with Crippen molar-refractivity contribution in [1.29, 1.82) is 0 Å². The van der Waals surface area contributed by atoms with Gasteiger partial charge < -0.3 is 0 Å². The molecule has 0 fully saturated rings. The van der Waals surface area contributed by atoms with Crippen LogP contribution in [0.15, 0.2) is 0 Å². The van der Waals surface area contributed by atoms with Gasteiger partial charge in [0.1, 0.15) is 0 Å². The van der Waals surface area contributed by atoms with Gasteiger partial charge in [-0.2, -0.15) is 0 Å². The van der Waals surface area contributed by atoms with Gasteiger partial charge in [0.05, 0.1) is 0 Å². The Morgan fingerprint density at radius 1 is 1.00 bits per heavy atom. The van der Waals surface area contributed by atoms with Gasteiger partial charge in [-0.25, -0.2) is 0 Å². The Morgan fingerprint density at radius 3 is 1.81 bits per heavy atom. The van der Waals surface area contributed by atoms with Crippen LogP contribution in [0, 0.1) is 27.7 Å². The summed E-state index contributed by atoms with van der Waals surface area (Å²) in [6.07, 6.45) is 1.50. The summed E-state index contributed by atoms with van der Waals surface area (Å²) < 4.78 is 5.36. The molecule has 0 saturated heterocycles. The molecule has 1 rings (SSSR count). The Balaban J connectivity index is 3.42. The Morgan fingerprint density at radius 2 is 1.44 bits per heavy atom. The minimum atomic E-state index is 0.515. The molecule has 84 valence electrons. The molecule has 0 saturated carbocycles. The minimum absolute atomic E-state index is 0.515. The van der Waals surface area contributed by atoms with Crippen LogP contribution in [-0.4, -0.2) is 6.29 Å². The maximum atomic E-state index is 10.7. The summed E-state index contributed by atoms with van der Waals surface area (Å²) in [6.45, 7) is 9.12. The third-order valence-corrected chi connectivity index (χ3v) is 3.86. The fourth-order valence-electron chi connectivity index (χ4n) is 2.16. The third-order valence-electron chi connectivity index (χ3n) is 3.45. The predicted octanol–water partition coefficient (Wildman–Crippen LogP) is 2.64. The zero-order valence-corrected chi connectivity index (χ0v) is 13.2. The standard InChI is InChI=1S/C13H17O2.Y/c1-8-10(3)13(7-15)11(4)9(2)12(8)5-6-14;/h6H,5,7H2,1-4H3;/q-1;+1. The number of rotatable bonds is 4. The molecular formula is C13H17O2Y. The molecule has 1 aromatic rings. The second kappa shape index (κ2) is 6.04. The van der Waals surface area contributed by atoms with Crippen molar-refractivity contribution in [1.82, 2.24) is 0 Å². The predicted molar refractivity (Wildman–Crippen MR) is 59.9 cm³/mol. The van der Waals surface area contributed by atoms with Crippen LogP contribution in [0.5, 0.6) is 0 Å². The molecule has 0 aliphatic carbocycles. The van der Waals surface area contributed by atoms with E-state index >= 15 is 0 Å². The summed E-state index contributed by atoms with van der Waals surface area (Å²) in [5.41, 5.74) is 7.49. The molecule has 0 unspecified atom stereocenters. The van der Waals surface area contributed by atoms with Gasteiger partial charge in [-0.15, -0.1) is 0 Å². The molecule has 0 atom stereocenters. The van der Waals surface area contributed by atoms with Crippen molar-refractivity contribution in [2.75, 3.05) is 0 Å². The zero-order valence-electron chi connectivity index (χ0n) is 10.4. The molecule has 0 radical (unpaired) electrons. The molecule has 0 heterocycles. The molecule has 16 heavy (non-hydrogen) atoms. The van der Waals surface area contributed by atoms with Crippen molar-refractivity contribution in [2.45, 2.75) is 40.7 Å². The number of carbonyl (C=O) groups excluding carboxylic acids is 1. The topological polar surface area (TPSA) is 26.3 Å². The Kier molecular flexibility index (Phi) is 5.29. The molecule has 0 aliphatic heterocycles. The van der Waals surface area contributed by atoms with Crippen molar-refractivity contribution in [3.05, 3.63) is 33.4 Å². The van der Waals surface area contributed by atoms with E-state index in [1.165, 1.54) is 33.4 Å². The second-order valence-corrected chi connectivity index (χ2v) is 4.96. The maximum absolute atomic E-state index is 10.7. The average molecular weight is 294 g/mol. The van der Waals surface area contributed by atoms with Crippen molar-refractivity contribution in [3.8, 4) is 0 Å². The van der Waals surface area contributed by atoms with Gasteiger partial charge in [-0.1, -0.05) is 0 Å². The van der Waals surface area contributed by atoms with Crippen LogP contribution in [0.4, 0.5) is 0 Å². The number of hydrogen-bond acceptors (Lipinski definition) is 2. The first kappa shape index (κ1) is 14.0. The molecule has 0 bridgehead atoms. The number of benzene rings is 1. The van der Waals surface area contributed by atoms with Crippen LogP contribution in [0.1, 0.15) is 33.4 Å². The van der Waals surface area contributed by atoms with Crippen LogP contribution in [0.25, 0.3) is 0 Å². The molecule has 0 amide bonds. The number of hydrogen-bond donors (Lipinski definition) is 0. The van der Waals surface area contributed by atoms with Gasteiger partial charge in [0, 0.05) is 0 Å². The first-order valence-electron chi connectivity index (χ1n) is 5.38. The molecule has 0 spiro atoms. The van der Waals surface area contributed by atoms with Crippen molar-refractivity contribution in [2.24, 2.45) is 0 Å². The molecule has 0 aromatic heterocycles.